The molecular formula is C24H30N4O2S. The average molecular weight is 439 g/mol. The van der Waals surface area contributed by atoms with Crippen LogP contribution in [0.25, 0.3) is 0 Å². The van der Waals surface area contributed by atoms with Crippen LogP contribution in [0.3, 0.4) is 0 Å². The van der Waals surface area contributed by atoms with E-state index in [1.807, 2.05) is 29.3 Å². The van der Waals surface area contributed by atoms with Gasteiger partial charge >= 0.3 is 0 Å². The maximum absolute atomic E-state index is 12.9. The van der Waals surface area contributed by atoms with E-state index in [0.717, 1.165) is 61.0 Å². The largest absolute Gasteiger partial charge is 0.383 e. The minimum absolute atomic E-state index is 0.0695. The molecular weight excluding hydrogens is 408 g/mol. The lowest BCUT2D eigenvalue weighted by Crippen LogP contribution is -2.45. The van der Waals surface area contributed by atoms with Crippen LogP contribution in [0.4, 0.5) is 5.69 Å². The summed E-state index contributed by atoms with van der Waals surface area (Å²) in [4.78, 5) is 22.4. The number of amidine groups is 1. The van der Waals surface area contributed by atoms with Crippen molar-refractivity contribution in [2.24, 2.45) is 4.99 Å². The van der Waals surface area contributed by atoms with Crippen molar-refractivity contribution in [1.29, 1.82) is 0 Å². The van der Waals surface area contributed by atoms with Gasteiger partial charge in [-0.1, -0.05) is 36.4 Å². The van der Waals surface area contributed by atoms with Crippen molar-refractivity contribution >= 4 is 29.2 Å². The Morgan fingerprint density at radius 3 is 2.74 bits per heavy atom. The van der Waals surface area contributed by atoms with Gasteiger partial charge in [-0.2, -0.15) is 0 Å². The molecule has 1 amide bonds. The van der Waals surface area contributed by atoms with E-state index in [4.69, 9.17) is 9.73 Å². The van der Waals surface area contributed by atoms with Gasteiger partial charge in [0.05, 0.1) is 12.3 Å². The van der Waals surface area contributed by atoms with Crippen LogP contribution in [0.5, 0.6) is 0 Å². The van der Waals surface area contributed by atoms with E-state index in [1.165, 1.54) is 11.3 Å². The fourth-order valence-electron chi connectivity index (χ4n) is 3.94. The predicted octanol–water partition coefficient (Wildman–Crippen LogP) is 4.33. The molecule has 0 aliphatic carbocycles. The monoisotopic (exact) mass is 438 g/mol. The zero-order valence-corrected chi connectivity index (χ0v) is 19.1. The van der Waals surface area contributed by atoms with Crippen LogP contribution < -0.4 is 5.43 Å². The third-order valence-electron chi connectivity index (χ3n) is 5.66. The predicted molar refractivity (Wildman–Crippen MR) is 125 cm³/mol. The lowest BCUT2D eigenvalue weighted by molar-refractivity contribution is 0.0750. The number of ether oxygens (including phenoxy) is 1. The third-order valence-corrected chi connectivity index (χ3v) is 6.80. The van der Waals surface area contributed by atoms with Gasteiger partial charge in [-0.25, -0.2) is 10.0 Å². The molecule has 2 aliphatic rings. The Labute approximate surface area is 188 Å². The first-order chi connectivity index (χ1) is 15.2. The maximum Gasteiger partial charge on any atom is 0.265 e. The summed E-state index contributed by atoms with van der Waals surface area (Å²) in [6, 6.07) is 14.2. The number of nitrogens with one attached hydrogen (secondary N) is 1. The van der Waals surface area contributed by atoms with E-state index in [0.29, 0.717) is 12.2 Å². The summed E-state index contributed by atoms with van der Waals surface area (Å²) >= 11 is 1.70. The van der Waals surface area contributed by atoms with Gasteiger partial charge in [0.15, 0.2) is 0 Å². The molecule has 164 valence electrons. The van der Waals surface area contributed by atoms with Crippen LogP contribution in [0.2, 0.25) is 0 Å². The number of benzene rings is 2. The van der Waals surface area contributed by atoms with E-state index in [-0.39, 0.29) is 5.91 Å². The van der Waals surface area contributed by atoms with Crippen LogP contribution in [0.15, 0.2) is 57.2 Å². The Morgan fingerprint density at radius 2 is 1.97 bits per heavy atom. The van der Waals surface area contributed by atoms with Crippen LogP contribution in [0, 0.1) is 0 Å². The Bertz CT molecular complexity index is 956. The van der Waals surface area contributed by atoms with Crippen molar-refractivity contribution in [1.82, 2.24) is 15.3 Å². The number of hydrogen-bond donors (Lipinski definition) is 1. The fourth-order valence-corrected chi connectivity index (χ4v) is 4.93. The molecule has 0 atom stereocenters. The number of hydrogen-bond acceptors (Lipinski definition) is 6. The van der Waals surface area contributed by atoms with Crippen molar-refractivity contribution in [3.8, 4) is 0 Å². The molecule has 1 saturated heterocycles. The molecule has 0 spiro atoms. The normalized spacial score (nSPS) is 16.0. The highest BCUT2D eigenvalue weighted by Crippen LogP contribution is 2.41. The van der Waals surface area contributed by atoms with Crippen molar-refractivity contribution in [2.45, 2.75) is 36.0 Å². The number of aliphatic imine (C=N–C) groups is 1. The van der Waals surface area contributed by atoms with E-state index in [9.17, 15) is 4.79 Å². The summed E-state index contributed by atoms with van der Waals surface area (Å²) in [5, 5.41) is 2.03. The highest BCUT2D eigenvalue weighted by Gasteiger charge is 2.22. The minimum Gasteiger partial charge on any atom is -0.383 e. The molecule has 0 unspecified atom stereocenters. The van der Waals surface area contributed by atoms with E-state index < -0.39 is 0 Å². The molecule has 31 heavy (non-hydrogen) atoms. The molecule has 0 saturated carbocycles. The minimum atomic E-state index is -0.0695. The molecule has 1 N–H and O–H groups in total. The number of fused-ring (bicyclic) bond motifs is 2. The van der Waals surface area contributed by atoms with Gasteiger partial charge in [0.1, 0.15) is 5.84 Å². The Kier molecular flexibility index (Phi) is 7.27. The van der Waals surface area contributed by atoms with Crippen LogP contribution >= 0.6 is 11.8 Å². The zero-order chi connectivity index (χ0) is 21.6. The van der Waals surface area contributed by atoms with E-state index in [1.54, 1.807) is 18.9 Å². The van der Waals surface area contributed by atoms with Gasteiger partial charge in [-0.3, -0.25) is 10.2 Å². The standard InChI is InChI=1S/C24H30N4O2S/c1-3-27(15-16-30-2)23-19-9-5-6-10-21(19)31-22-12-11-18(17-20(22)25-23)24(29)26-28-13-7-4-8-14-28/h5-6,9-12,17H,3-4,7-8,13-16H2,1-2H3,(H,26,29). The number of nitrogens with zero attached hydrogens (tertiary/aromatic N) is 3. The summed E-state index contributed by atoms with van der Waals surface area (Å²) in [5.74, 6) is 0.856. The molecule has 7 heteroatoms. The van der Waals surface area contributed by atoms with Gasteiger partial charge in [-0.15, -0.1) is 0 Å². The molecule has 0 aromatic heterocycles. The highest BCUT2D eigenvalue weighted by atomic mass is 32.2. The number of rotatable bonds is 6. The number of likely N-dealkylation sites (N-methyl/N-ethyl adjacent to an activating group) is 1. The van der Waals surface area contributed by atoms with Crippen molar-refractivity contribution in [3.05, 3.63) is 53.6 Å². The van der Waals surface area contributed by atoms with Crippen molar-refractivity contribution < 1.29 is 9.53 Å². The summed E-state index contributed by atoms with van der Waals surface area (Å²) in [6.45, 7) is 6.17. The second kappa shape index (κ2) is 10.3. The van der Waals surface area contributed by atoms with Crippen LogP contribution in [-0.4, -0.2) is 61.5 Å². The first-order valence-corrected chi connectivity index (χ1v) is 11.8. The molecule has 1 fully saturated rings. The van der Waals surface area contributed by atoms with Crippen LogP contribution in [-0.2, 0) is 4.74 Å². The average Bonchev–Trinajstić information content (AvgIpc) is 2.96. The molecule has 2 heterocycles. The van der Waals surface area contributed by atoms with Gasteiger partial charge in [-0.05, 0) is 44.0 Å². The number of carbonyl (C=O) groups is 1. The number of hydrazine groups is 1. The topological polar surface area (TPSA) is 57.2 Å². The van der Waals surface area contributed by atoms with Gasteiger partial charge in [0.2, 0.25) is 0 Å². The smallest absolute Gasteiger partial charge is 0.265 e. The molecule has 2 aromatic carbocycles. The molecule has 4 rings (SSSR count). The molecule has 0 radical (unpaired) electrons. The second-order valence-corrected chi connectivity index (χ2v) is 8.86. The molecule has 6 nitrogen and oxygen atoms in total. The first kappa shape index (κ1) is 21.9. The van der Waals surface area contributed by atoms with Gasteiger partial charge < -0.3 is 9.64 Å². The number of piperidine rings is 1. The van der Waals surface area contributed by atoms with Gasteiger partial charge in [0, 0.05) is 54.2 Å². The fraction of sp³-hybridized carbons (Fsp3) is 0.417. The lowest BCUT2D eigenvalue weighted by atomic mass is 10.1. The zero-order valence-electron chi connectivity index (χ0n) is 18.3. The summed E-state index contributed by atoms with van der Waals surface area (Å²) in [6.07, 6.45) is 3.49. The Balaban J connectivity index is 1.67. The Morgan fingerprint density at radius 1 is 1.16 bits per heavy atom. The highest BCUT2D eigenvalue weighted by molar-refractivity contribution is 7.99. The first-order valence-electron chi connectivity index (χ1n) is 11.0. The molecule has 2 aromatic rings. The number of amides is 1. The van der Waals surface area contributed by atoms with Crippen molar-refractivity contribution in [3.63, 3.8) is 0 Å². The quantitative estimate of drug-likeness (QED) is 0.728. The summed E-state index contributed by atoms with van der Waals surface area (Å²) in [5.41, 5.74) is 5.64. The Hall–Kier alpha value is -2.35. The third kappa shape index (κ3) is 5.11. The molecule has 0 bridgehead atoms. The van der Waals surface area contributed by atoms with E-state index >= 15 is 0 Å². The summed E-state index contributed by atoms with van der Waals surface area (Å²) in [7, 11) is 1.72. The second-order valence-electron chi connectivity index (χ2n) is 7.78. The van der Waals surface area contributed by atoms with Gasteiger partial charge in [0.25, 0.3) is 5.91 Å². The SMILES string of the molecule is CCN(CCOC)C1=Nc2cc(C(=O)NN3CCCCC3)ccc2Sc2ccccc21. The van der Waals surface area contributed by atoms with E-state index in [2.05, 4.69) is 35.4 Å². The molecule has 2 aliphatic heterocycles. The van der Waals surface area contributed by atoms with Crippen molar-refractivity contribution in [2.75, 3.05) is 39.9 Å². The number of methoxy groups -OCH3 is 1. The summed E-state index contributed by atoms with van der Waals surface area (Å²) < 4.78 is 5.32. The number of carbonyl (C=O) groups excluding carboxylic acids is 1. The lowest BCUT2D eigenvalue weighted by Gasteiger charge is -2.26. The maximum atomic E-state index is 12.9. The van der Waals surface area contributed by atoms with Crippen LogP contribution in [0.1, 0.15) is 42.1 Å².